The van der Waals surface area contributed by atoms with Gasteiger partial charge in [-0.25, -0.2) is 10.6 Å². The molecule has 1 fully saturated rings. The molecule has 0 spiro atoms. The summed E-state index contributed by atoms with van der Waals surface area (Å²) < 4.78 is 0. The summed E-state index contributed by atoms with van der Waals surface area (Å²) in [6, 6.07) is 0.123. The predicted molar refractivity (Wildman–Crippen MR) is 55.6 cm³/mol. The number of likely N-dealkylation sites (N-methyl/N-ethyl adjacent to an activating group) is 1. The van der Waals surface area contributed by atoms with Crippen LogP contribution in [0.2, 0.25) is 0 Å². The van der Waals surface area contributed by atoms with Gasteiger partial charge in [-0.2, -0.15) is 0 Å². The fourth-order valence-corrected chi connectivity index (χ4v) is 1.94. The number of hydrogen-bond donors (Lipinski definition) is 2. The van der Waals surface area contributed by atoms with Crippen LogP contribution in [0.25, 0.3) is 0 Å². The van der Waals surface area contributed by atoms with E-state index in [4.69, 9.17) is 5.84 Å². The van der Waals surface area contributed by atoms with Crippen molar-refractivity contribution in [2.45, 2.75) is 25.8 Å². The quantitative estimate of drug-likeness (QED) is 0.355. The van der Waals surface area contributed by atoms with Gasteiger partial charge in [0.25, 0.3) is 0 Å². The molecule has 0 saturated carbocycles. The Labute approximate surface area is 85.2 Å². The van der Waals surface area contributed by atoms with Crippen LogP contribution < -0.4 is 11.3 Å². The van der Waals surface area contributed by atoms with Crippen LogP contribution in [0, 0.1) is 0 Å². The molecule has 14 heavy (non-hydrogen) atoms. The number of nitrogens with one attached hydrogen (secondary N) is 1. The number of carbonyl (C=O) groups is 1. The molecule has 1 aliphatic heterocycles. The molecule has 1 unspecified atom stereocenters. The molecule has 2 amide bonds. The van der Waals surface area contributed by atoms with E-state index in [-0.39, 0.29) is 12.1 Å². The van der Waals surface area contributed by atoms with Gasteiger partial charge in [-0.1, -0.05) is 6.92 Å². The second-order valence-corrected chi connectivity index (χ2v) is 3.82. The lowest BCUT2D eigenvalue weighted by Gasteiger charge is -2.29. The Kier molecular flexibility index (Phi) is 4.16. The third kappa shape index (κ3) is 2.59. The normalized spacial score (nSPS) is 24.5. The van der Waals surface area contributed by atoms with E-state index in [1.165, 1.54) is 0 Å². The van der Waals surface area contributed by atoms with Crippen LogP contribution in [-0.4, -0.2) is 48.6 Å². The molecule has 0 aromatic carbocycles. The average molecular weight is 200 g/mol. The third-order valence-electron chi connectivity index (χ3n) is 2.76. The molecule has 1 rings (SSSR count). The average Bonchev–Trinajstić information content (AvgIpc) is 2.38. The summed E-state index contributed by atoms with van der Waals surface area (Å²) in [5.74, 6) is 5.15. The van der Waals surface area contributed by atoms with E-state index in [0.29, 0.717) is 0 Å². The molecule has 1 aliphatic rings. The molecule has 3 N–H and O–H groups in total. The molecular formula is C9H20N4O. The van der Waals surface area contributed by atoms with Crippen LogP contribution in [0.1, 0.15) is 19.8 Å². The lowest BCUT2D eigenvalue weighted by Crippen LogP contribution is -2.50. The van der Waals surface area contributed by atoms with Crippen LogP contribution in [0.5, 0.6) is 0 Å². The molecule has 1 saturated heterocycles. The van der Waals surface area contributed by atoms with Gasteiger partial charge in [-0.3, -0.25) is 5.43 Å². The molecular weight excluding hydrogens is 180 g/mol. The largest absolute Gasteiger partial charge is 0.331 e. The van der Waals surface area contributed by atoms with Gasteiger partial charge >= 0.3 is 6.03 Å². The Morgan fingerprint density at radius 3 is 2.86 bits per heavy atom. The maximum Gasteiger partial charge on any atom is 0.331 e. The Morgan fingerprint density at radius 2 is 2.29 bits per heavy atom. The number of nitrogens with zero attached hydrogens (tertiary/aromatic N) is 2. The predicted octanol–water partition coefficient (Wildman–Crippen LogP) is -0.0142. The summed E-state index contributed by atoms with van der Waals surface area (Å²) in [6.45, 7) is 4.88. The van der Waals surface area contributed by atoms with Crippen molar-refractivity contribution in [1.82, 2.24) is 15.2 Å². The van der Waals surface area contributed by atoms with Gasteiger partial charge in [0.15, 0.2) is 0 Å². The molecule has 5 nitrogen and oxygen atoms in total. The van der Waals surface area contributed by atoms with Crippen molar-refractivity contribution in [2.75, 3.05) is 26.7 Å². The van der Waals surface area contributed by atoms with Crippen molar-refractivity contribution < 1.29 is 4.79 Å². The Morgan fingerprint density at radius 1 is 1.57 bits per heavy atom. The highest BCUT2D eigenvalue weighted by Crippen LogP contribution is 2.11. The van der Waals surface area contributed by atoms with Crippen molar-refractivity contribution in [3.63, 3.8) is 0 Å². The van der Waals surface area contributed by atoms with E-state index in [9.17, 15) is 4.79 Å². The Balaban J connectivity index is 2.65. The summed E-state index contributed by atoms with van der Waals surface area (Å²) in [6.07, 6.45) is 1.98. The first-order chi connectivity index (χ1) is 6.69. The summed E-state index contributed by atoms with van der Waals surface area (Å²) in [7, 11) is 2.09. The van der Waals surface area contributed by atoms with Gasteiger partial charge < -0.3 is 9.80 Å². The van der Waals surface area contributed by atoms with Crippen LogP contribution in [0.3, 0.4) is 0 Å². The highest BCUT2D eigenvalue weighted by molar-refractivity contribution is 5.73. The van der Waals surface area contributed by atoms with Gasteiger partial charge in [0.2, 0.25) is 0 Å². The molecule has 1 heterocycles. The zero-order valence-electron chi connectivity index (χ0n) is 8.99. The first-order valence-electron chi connectivity index (χ1n) is 5.14. The number of rotatable bonds is 1. The SMILES string of the molecule is CCC1CN(C)CCCN1C(=O)NN. The van der Waals surface area contributed by atoms with Gasteiger partial charge in [0.05, 0.1) is 0 Å². The lowest BCUT2D eigenvalue weighted by atomic mass is 10.2. The highest BCUT2D eigenvalue weighted by atomic mass is 16.2. The number of amides is 2. The van der Waals surface area contributed by atoms with E-state index < -0.39 is 0 Å². The van der Waals surface area contributed by atoms with E-state index in [2.05, 4.69) is 24.3 Å². The fraction of sp³-hybridized carbons (Fsp3) is 0.889. The standard InChI is InChI=1S/C9H20N4O/c1-3-8-7-12(2)5-4-6-13(8)9(14)11-10/h8H,3-7,10H2,1-2H3,(H,11,14). The third-order valence-corrected chi connectivity index (χ3v) is 2.76. The van der Waals surface area contributed by atoms with Gasteiger partial charge in [-0.05, 0) is 26.4 Å². The number of carbonyl (C=O) groups excluding carboxylic acids is 1. The second-order valence-electron chi connectivity index (χ2n) is 3.82. The summed E-state index contributed by atoms with van der Waals surface area (Å²) >= 11 is 0. The monoisotopic (exact) mass is 200 g/mol. The second kappa shape index (κ2) is 5.17. The maximum absolute atomic E-state index is 11.5. The topological polar surface area (TPSA) is 61.6 Å². The minimum absolute atomic E-state index is 0.160. The molecule has 0 aromatic rings. The summed E-state index contributed by atoms with van der Waals surface area (Å²) in [5.41, 5.74) is 2.21. The van der Waals surface area contributed by atoms with Crippen molar-refractivity contribution in [1.29, 1.82) is 0 Å². The molecule has 82 valence electrons. The van der Waals surface area contributed by atoms with Crippen molar-refractivity contribution in [2.24, 2.45) is 5.84 Å². The smallest absolute Gasteiger partial charge is 0.319 e. The van der Waals surface area contributed by atoms with Crippen molar-refractivity contribution in [3.05, 3.63) is 0 Å². The maximum atomic E-state index is 11.5. The number of urea groups is 1. The van der Waals surface area contributed by atoms with E-state index in [0.717, 1.165) is 32.5 Å². The Bertz CT molecular complexity index is 197. The van der Waals surface area contributed by atoms with Gasteiger partial charge in [0, 0.05) is 19.1 Å². The lowest BCUT2D eigenvalue weighted by molar-refractivity contribution is 0.170. The summed E-state index contributed by atoms with van der Waals surface area (Å²) in [5, 5.41) is 0. The summed E-state index contributed by atoms with van der Waals surface area (Å²) in [4.78, 5) is 15.6. The van der Waals surface area contributed by atoms with Crippen molar-refractivity contribution in [3.8, 4) is 0 Å². The molecule has 0 aliphatic carbocycles. The number of hydrogen-bond acceptors (Lipinski definition) is 3. The fourth-order valence-electron chi connectivity index (χ4n) is 1.94. The number of nitrogens with two attached hydrogens (primary N) is 1. The molecule has 0 bridgehead atoms. The zero-order valence-corrected chi connectivity index (χ0v) is 8.99. The van der Waals surface area contributed by atoms with Crippen LogP contribution in [-0.2, 0) is 0 Å². The van der Waals surface area contributed by atoms with E-state index in [1.807, 2.05) is 4.90 Å². The molecule has 0 radical (unpaired) electrons. The molecule has 0 aromatic heterocycles. The number of hydrazine groups is 1. The first kappa shape index (κ1) is 11.3. The molecule has 1 atom stereocenters. The minimum atomic E-state index is -0.160. The molecule has 5 heteroatoms. The van der Waals surface area contributed by atoms with Crippen LogP contribution in [0.15, 0.2) is 0 Å². The zero-order chi connectivity index (χ0) is 10.6. The van der Waals surface area contributed by atoms with Gasteiger partial charge in [-0.15, -0.1) is 0 Å². The first-order valence-corrected chi connectivity index (χ1v) is 5.14. The van der Waals surface area contributed by atoms with E-state index in [1.54, 1.807) is 0 Å². The van der Waals surface area contributed by atoms with Crippen molar-refractivity contribution >= 4 is 6.03 Å². The minimum Gasteiger partial charge on any atom is -0.319 e. The van der Waals surface area contributed by atoms with Crippen LogP contribution in [0.4, 0.5) is 4.79 Å². The van der Waals surface area contributed by atoms with Gasteiger partial charge in [0.1, 0.15) is 0 Å². The Hall–Kier alpha value is -0.810. The highest BCUT2D eigenvalue weighted by Gasteiger charge is 2.25. The van der Waals surface area contributed by atoms with Crippen LogP contribution >= 0.6 is 0 Å². The van der Waals surface area contributed by atoms with E-state index >= 15 is 0 Å².